The van der Waals surface area contributed by atoms with Crippen LogP contribution in [0.15, 0.2) is 41.6 Å². The summed E-state index contributed by atoms with van der Waals surface area (Å²) >= 11 is 12.1. The van der Waals surface area contributed by atoms with Crippen LogP contribution in [-0.4, -0.2) is 21.9 Å². The summed E-state index contributed by atoms with van der Waals surface area (Å²) in [5, 5.41) is 9.87. The van der Waals surface area contributed by atoms with E-state index in [1.165, 1.54) is 0 Å². The van der Waals surface area contributed by atoms with Crippen molar-refractivity contribution in [3.05, 3.63) is 57.2 Å². The average molecular weight is 380 g/mol. The van der Waals surface area contributed by atoms with Crippen LogP contribution in [0.1, 0.15) is 38.2 Å². The summed E-state index contributed by atoms with van der Waals surface area (Å²) < 4.78 is 0. The van der Waals surface area contributed by atoms with Gasteiger partial charge in [0.2, 0.25) is 5.91 Å². The number of allylic oxidation sites excluding steroid dienone is 3. The molecule has 6 heteroatoms. The van der Waals surface area contributed by atoms with Gasteiger partial charge in [0, 0.05) is 23.6 Å². The third-order valence-electron chi connectivity index (χ3n) is 4.91. The third kappa shape index (κ3) is 3.60. The molecule has 0 aromatic heterocycles. The Kier molecular flexibility index (Phi) is 4.94. The summed E-state index contributed by atoms with van der Waals surface area (Å²) in [5.74, 6) is -0.924. The first kappa shape index (κ1) is 18.0. The number of aliphatic carboxylic acids is 1. The molecule has 3 rings (SSSR count). The van der Waals surface area contributed by atoms with Crippen molar-refractivity contribution in [1.82, 2.24) is 4.90 Å². The molecule has 1 aromatic rings. The van der Waals surface area contributed by atoms with E-state index in [2.05, 4.69) is 6.92 Å². The fourth-order valence-corrected chi connectivity index (χ4v) is 4.16. The van der Waals surface area contributed by atoms with E-state index in [0.717, 1.165) is 42.2 Å². The molecular weight excluding hydrogens is 361 g/mol. The zero-order chi connectivity index (χ0) is 18.2. The maximum absolute atomic E-state index is 12.7. The number of carbonyl (C=O) groups excluding carboxylic acids is 1. The topological polar surface area (TPSA) is 57.6 Å². The number of rotatable bonds is 4. The van der Waals surface area contributed by atoms with Crippen molar-refractivity contribution >= 4 is 35.1 Å². The van der Waals surface area contributed by atoms with Crippen molar-refractivity contribution in [3.63, 3.8) is 0 Å². The number of likely N-dealkylation sites (tertiary alicyclic amines) is 1. The molecule has 0 radical (unpaired) electrons. The van der Waals surface area contributed by atoms with Gasteiger partial charge in [0.15, 0.2) is 0 Å². The van der Waals surface area contributed by atoms with Crippen LogP contribution < -0.4 is 0 Å². The Balaban J connectivity index is 2.00. The number of nitrogens with zero attached hydrogens (tertiary/aromatic N) is 1. The predicted octanol–water partition coefficient (Wildman–Crippen LogP) is 4.81. The Morgan fingerprint density at radius 1 is 1.36 bits per heavy atom. The molecule has 2 aliphatic rings. The molecule has 1 fully saturated rings. The number of halogens is 2. The Morgan fingerprint density at radius 3 is 2.80 bits per heavy atom. The minimum atomic E-state index is -0.985. The standard InChI is InChI=1S/C19H19Cl2NO3/c1-19-8-2-3-13(5-7-17(24)25)18(19)22(16(23)10-19)11-12-4-6-14(20)15(21)9-12/h4-7,9H,2-3,8,10-11H2,1H3,(H,24,25). The quantitative estimate of drug-likeness (QED) is 0.763. The van der Waals surface area contributed by atoms with Crippen molar-refractivity contribution in [1.29, 1.82) is 0 Å². The summed E-state index contributed by atoms with van der Waals surface area (Å²) in [5.41, 5.74) is 2.55. The molecular formula is C19H19Cl2NO3. The van der Waals surface area contributed by atoms with E-state index in [1.54, 1.807) is 23.1 Å². The van der Waals surface area contributed by atoms with Crippen molar-refractivity contribution in [3.8, 4) is 0 Å². The number of carbonyl (C=O) groups is 2. The molecule has 0 spiro atoms. The van der Waals surface area contributed by atoms with E-state index < -0.39 is 5.97 Å². The van der Waals surface area contributed by atoms with Gasteiger partial charge in [-0.15, -0.1) is 0 Å². The lowest BCUT2D eigenvalue weighted by Crippen LogP contribution is -2.28. The van der Waals surface area contributed by atoms with Crippen LogP contribution >= 0.6 is 23.2 Å². The smallest absolute Gasteiger partial charge is 0.328 e. The van der Waals surface area contributed by atoms with Crippen LogP contribution in [0, 0.1) is 5.41 Å². The summed E-state index contributed by atoms with van der Waals surface area (Å²) in [4.78, 5) is 25.4. The molecule has 1 N–H and O–H groups in total. The van der Waals surface area contributed by atoms with Gasteiger partial charge in [0.1, 0.15) is 0 Å². The first-order valence-corrected chi connectivity index (χ1v) is 8.95. The first-order chi connectivity index (χ1) is 11.8. The molecule has 1 saturated heterocycles. The van der Waals surface area contributed by atoms with Crippen LogP contribution in [-0.2, 0) is 16.1 Å². The number of amides is 1. The molecule has 4 nitrogen and oxygen atoms in total. The van der Waals surface area contributed by atoms with Crippen molar-refractivity contribution in [2.24, 2.45) is 5.41 Å². The molecule has 0 bridgehead atoms. The van der Waals surface area contributed by atoms with Gasteiger partial charge in [0.25, 0.3) is 0 Å². The second-order valence-corrected chi connectivity index (χ2v) is 7.68. The van der Waals surface area contributed by atoms with E-state index in [0.29, 0.717) is 23.0 Å². The minimum absolute atomic E-state index is 0.0618. The summed E-state index contributed by atoms with van der Waals surface area (Å²) in [6, 6.07) is 5.34. The van der Waals surface area contributed by atoms with Crippen molar-refractivity contribution in [2.75, 3.05) is 0 Å². The Bertz CT molecular complexity index is 800. The van der Waals surface area contributed by atoms with Crippen LogP contribution in [0.3, 0.4) is 0 Å². The minimum Gasteiger partial charge on any atom is -0.478 e. The maximum atomic E-state index is 12.7. The van der Waals surface area contributed by atoms with Gasteiger partial charge in [-0.3, -0.25) is 4.79 Å². The van der Waals surface area contributed by atoms with Crippen molar-refractivity contribution < 1.29 is 14.7 Å². The number of fused-ring (bicyclic) bond motifs is 1. The number of carboxylic acids is 1. The Hall–Kier alpha value is -1.78. The maximum Gasteiger partial charge on any atom is 0.328 e. The lowest BCUT2D eigenvalue weighted by Gasteiger charge is -2.34. The molecule has 132 valence electrons. The molecule has 1 atom stereocenters. The monoisotopic (exact) mass is 379 g/mol. The highest BCUT2D eigenvalue weighted by atomic mass is 35.5. The van der Waals surface area contributed by atoms with E-state index >= 15 is 0 Å². The second kappa shape index (κ2) is 6.85. The zero-order valence-corrected chi connectivity index (χ0v) is 15.4. The van der Waals surface area contributed by atoms with E-state index in [1.807, 2.05) is 6.07 Å². The van der Waals surface area contributed by atoms with Crippen molar-refractivity contribution in [2.45, 2.75) is 39.2 Å². The van der Waals surface area contributed by atoms with Gasteiger partial charge in [-0.25, -0.2) is 4.79 Å². The van der Waals surface area contributed by atoms with Crippen LogP contribution in [0.4, 0.5) is 0 Å². The van der Waals surface area contributed by atoms with Gasteiger partial charge in [0.05, 0.1) is 16.6 Å². The molecule has 1 unspecified atom stereocenters. The molecule has 1 aromatic carbocycles. The normalized spacial score (nSPS) is 23.5. The summed E-state index contributed by atoms with van der Waals surface area (Å²) in [6.45, 7) is 2.49. The van der Waals surface area contributed by atoms with E-state index in [9.17, 15) is 9.59 Å². The van der Waals surface area contributed by atoms with Crippen LogP contribution in [0.25, 0.3) is 0 Å². The van der Waals surface area contributed by atoms with Gasteiger partial charge in [-0.2, -0.15) is 0 Å². The lowest BCUT2D eigenvalue weighted by molar-refractivity contribution is -0.131. The van der Waals surface area contributed by atoms with E-state index in [-0.39, 0.29) is 11.3 Å². The second-order valence-electron chi connectivity index (χ2n) is 6.86. The average Bonchev–Trinajstić information content (AvgIpc) is 2.79. The highest BCUT2D eigenvalue weighted by Crippen LogP contribution is 2.50. The van der Waals surface area contributed by atoms with Gasteiger partial charge in [-0.05, 0) is 42.5 Å². The zero-order valence-electron chi connectivity index (χ0n) is 13.9. The Labute approximate surface area is 156 Å². The number of carboxylic acid groups (broad SMARTS) is 1. The summed E-state index contributed by atoms with van der Waals surface area (Å²) in [6.07, 6.45) is 5.89. The first-order valence-electron chi connectivity index (χ1n) is 8.19. The number of hydrogen-bond acceptors (Lipinski definition) is 2. The van der Waals surface area contributed by atoms with Gasteiger partial charge >= 0.3 is 5.97 Å². The molecule has 1 aliphatic carbocycles. The van der Waals surface area contributed by atoms with Gasteiger partial charge in [-0.1, -0.05) is 42.3 Å². The van der Waals surface area contributed by atoms with E-state index in [4.69, 9.17) is 28.3 Å². The fraction of sp³-hybridized carbons (Fsp3) is 0.368. The van der Waals surface area contributed by atoms with Gasteiger partial charge < -0.3 is 10.0 Å². The molecule has 25 heavy (non-hydrogen) atoms. The number of hydrogen-bond donors (Lipinski definition) is 1. The summed E-state index contributed by atoms with van der Waals surface area (Å²) in [7, 11) is 0. The van der Waals surface area contributed by atoms with Crippen LogP contribution in [0.2, 0.25) is 10.0 Å². The highest BCUT2D eigenvalue weighted by molar-refractivity contribution is 6.42. The lowest BCUT2D eigenvalue weighted by atomic mass is 9.74. The number of benzene rings is 1. The SMILES string of the molecule is CC12CCCC(C=CC(=O)O)=C1N(Cc1ccc(Cl)c(Cl)c1)C(=O)C2. The Morgan fingerprint density at radius 2 is 2.12 bits per heavy atom. The predicted molar refractivity (Wildman–Crippen MR) is 97.4 cm³/mol. The fourth-order valence-electron chi connectivity index (χ4n) is 3.84. The van der Waals surface area contributed by atoms with Crippen LogP contribution in [0.5, 0.6) is 0 Å². The highest BCUT2D eigenvalue weighted by Gasteiger charge is 2.46. The molecule has 1 heterocycles. The molecule has 0 saturated carbocycles. The third-order valence-corrected chi connectivity index (χ3v) is 5.65. The molecule has 1 aliphatic heterocycles. The largest absolute Gasteiger partial charge is 0.478 e. The molecule has 1 amide bonds.